The van der Waals surface area contributed by atoms with E-state index in [1.165, 1.54) is 11.1 Å². The highest BCUT2D eigenvalue weighted by Gasteiger charge is 2.26. The maximum absolute atomic E-state index is 12.5. The number of carbonyl (C=O) groups excluding carboxylic acids is 2. The van der Waals surface area contributed by atoms with Crippen molar-refractivity contribution < 1.29 is 14.0 Å². The summed E-state index contributed by atoms with van der Waals surface area (Å²) in [5, 5.41) is 12.8. The number of rotatable bonds is 4. The van der Waals surface area contributed by atoms with Crippen LogP contribution in [0.3, 0.4) is 0 Å². The summed E-state index contributed by atoms with van der Waals surface area (Å²) in [7, 11) is 0. The van der Waals surface area contributed by atoms with E-state index in [-0.39, 0.29) is 18.4 Å². The summed E-state index contributed by atoms with van der Waals surface area (Å²) in [5.41, 5.74) is 0.771. The molecular formula is C18H17ClN6O3. The Morgan fingerprint density at radius 3 is 2.43 bits per heavy atom. The van der Waals surface area contributed by atoms with Gasteiger partial charge in [-0.25, -0.2) is 0 Å². The number of benzene rings is 1. The first-order chi connectivity index (χ1) is 13.6. The summed E-state index contributed by atoms with van der Waals surface area (Å²) in [6.45, 7) is 1.79. The molecule has 28 heavy (non-hydrogen) atoms. The molecule has 0 N–H and O–H groups in total. The Labute approximate surface area is 165 Å². The highest BCUT2D eigenvalue weighted by molar-refractivity contribution is 6.30. The Hall–Kier alpha value is -3.20. The lowest BCUT2D eigenvalue weighted by Crippen LogP contribution is -2.51. The van der Waals surface area contributed by atoms with Gasteiger partial charge in [0.1, 0.15) is 6.54 Å². The fourth-order valence-corrected chi connectivity index (χ4v) is 3.09. The van der Waals surface area contributed by atoms with Crippen molar-refractivity contribution in [3.63, 3.8) is 0 Å². The van der Waals surface area contributed by atoms with Gasteiger partial charge in [0.15, 0.2) is 5.76 Å². The van der Waals surface area contributed by atoms with Crippen molar-refractivity contribution in [2.24, 2.45) is 0 Å². The number of amides is 2. The van der Waals surface area contributed by atoms with E-state index < -0.39 is 0 Å². The third kappa shape index (κ3) is 3.89. The Morgan fingerprint density at radius 2 is 1.75 bits per heavy atom. The maximum Gasteiger partial charge on any atom is 0.289 e. The number of carbonyl (C=O) groups is 2. The summed E-state index contributed by atoms with van der Waals surface area (Å²) in [6.07, 6.45) is 1.47. The molecule has 1 aliphatic heterocycles. The molecule has 0 saturated carbocycles. The molecule has 3 heterocycles. The molecule has 1 aromatic carbocycles. The molecule has 0 atom stereocenters. The molecular weight excluding hydrogens is 384 g/mol. The van der Waals surface area contributed by atoms with Crippen LogP contribution in [0.1, 0.15) is 10.6 Å². The summed E-state index contributed by atoms with van der Waals surface area (Å²) in [5.74, 6) is 0.451. The number of halogens is 1. The normalized spacial score (nSPS) is 14.3. The molecule has 1 aliphatic rings. The van der Waals surface area contributed by atoms with Crippen molar-refractivity contribution in [3.8, 4) is 11.4 Å². The molecule has 3 aromatic rings. The first-order valence-corrected chi connectivity index (χ1v) is 9.12. The summed E-state index contributed by atoms with van der Waals surface area (Å²) in [4.78, 5) is 29.4. The van der Waals surface area contributed by atoms with Gasteiger partial charge in [-0.15, -0.1) is 10.2 Å². The van der Waals surface area contributed by atoms with Gasteiger partial charge in [-0.3, -0.25) is 9.59 Å². The van der Waals surface area contributed by atoms with E-state index in [4.69, 9.17) is 16.0 Å². The van der Waals surface area contributed by atoms with Crippen LogP contribution in [0.25, 0.3) is 11.4 Å². The van der Waals surface area contributed by atoms with E-state index in [1.807, 2.05) is 0 Å². The van der Waals surface area contributed by atoms with Crippen LogP contribution in [0.2, 0.25) is 5.02 Å². The highest BCUT2D eigenvalue weighted by Crippen LogP contribution is 2.17. The van der Waals surface area contributed by atoms with Gasteiger partial charge in [-0.1, -0.05) is 11.6 Å². The minimum atomic E-state index is -0.164. The average molecular weight is 401 g/mol. The number of furan rings is 1. The summed E-state index contributed by atoms with van der Waals surface area (Å²) >= 11 is 5.88. The van der Waals surface area contributed by atoms with E-state index in [1.54, 1.807) is 46.2 Å². The van der Waals surface area contributed by atoms with Crippen LogP contribution < -0.4 is 0 Å². The topological polar surface area (TPSA) is 97.4 Å². The van der Waals surface area contributed by atoms with Gasteiger partial charge in [0, 0.05) is 36.8 Å². The van der Waals surface area contributed by atoms with E-state index in [9.17, 15) is 9.59 Å². The van der Waals surface area contributed by atoms with Crippen LogP contribution in [0.5, 0.6) is 0 Å². The van der Waals surface area contributed by atoms with Gasteiger partial charge in [0.05, 0.1) is 6.26 Å². The molecule has 0 unspecified atom stereocenters. The molecule has 1 saturated heterocycles. The van der Waals surface area contributed by atoms with Crippen LogP contribution in [0.4, 0.5) is 0 Å². The van der Waals surface area contributed by atoms with Crippen molar-refractivity contribution in [1.82, 2.24) is 30.0 Å². The zero-order chi connectivity index (χ0) is 19.5. The second-order valence-corrected chi connectivity index (χ2v) is 6.74. The predicted octanol–water partition coefficient (Wildman–Crippen LogP) is 1.57. The molecule has 9 nitrogen and oxygen atoms in total. The van der Waals surface area contributed by atoms with Gasteiger partial charge in [-0.05, 0) is 41.6 Å². The average Bonchev–Trinajstić information content (AvgIpc) is 3.40. The van der Waals surface area contributed by atoms with Crippen molar-refractivity contribution in [3.05, 3.63) is 53.4 Å². The van der Waals surface area contributed by atoms with Gasteiger partial charge in [0.25, 0.3) is 5.91 Å². The van der Waals surface area contributed by atoms with Crippen LogP contribution in [0.15, 0.2) is 47.1 Å². The van der Waals surface area contributed by atoms with E-state index >= 15 is 0 Å². The summed E-state index contributed by atoms with van der Waals surface area (Å²) < 4.78 is 5.14. The number of hydrogen-bond acceptors (Lipinski definition) is 6. The second kappa shape index (κ2) is 7.81. The fraction of sp³-hybridized carbons (Fsp3) is 0.278. The Kier molecular flexibility index (Phi) is 5.07. The van der Waals surface area contributed by atoms with E-state index in [0.717, 1.165) is 5.56 Å². The highest BCUT2D eigenvalue weighted by atomic mass is 35.5. The molecule has 10 heteroatoms. The van der Waals surface area contributed by atoms with Gasteiger partial charge < -0.3 is 14.2 Å². The lowest BCUT2D eigenvalue weighted by atomic mass is 10.2. The largest absolute Gasteiger partial charge is 0.459 e. The zero-order valence-corrected chi connectivity index (χ0v) is 15.6. The maximum atomic E-state index is 12.5. The molecule has 0 bridgehead atoms. The van der Waals surface area contributed by atoms with Crippen molar-refractivity contribution in [1.29, 1.82) is 0 Å². The fourth-order valence-electron chi connectivity index (χ4n) is 2.96. The molecule has 0 aliphatic carbocycles. The van der Waals surface area contributed by atoms with Crippen LogP contribution in [-0.2, 0) is 11.3 Å². The molecule has 2 aromatic heterocycles. The molecule has 144 valence electrons. The van der Waals surface area contributed by atoms with Gasteiger partial charge >= 0.3 is 0 Å². The van der Waals surface area contributed by atoms with Crippen LogP contribution in [-0.4, -0.2) is 68.0 Å². The number of hydrogen-bond donors (Lipinski definition) is 0. The number of piperazine rings is 1. The monoisotopic (exact) mass is 400 g/mol. The molecule has 1 fully saturated rings. The molecule has 2 amide bonds. The SMILES string of the molecule is O=C(Cn1nnc(-c2ccc(Cl)cc2)n1)N1CCN(C(=O)c2ccco2)CC1. The van der Waals surface area contributed by atoms with Crippen LogP contribution in [0, 0.1) is 0 Å². The Morgan fingerprint density at radius 1 is 1.04 bits per heavy atom. The third-order valence-corrected chi connectivity index (χ3v) is 4.74. The molecule has 0 radical (unpaired) electrons. The van der Waals surface area contributed by atoms with Crippen molar-refractivity contribution >= 4 is 23.4 Å². The Balaban J connectivity index is 1.32. The van der Waals surface area contributed by atoms with Gasteiger partial charge in [-0.2, -0.15) is 4.80 Å². The first kappa shape index (κ1) is 18.2. The lowest BCUT2D eigenvalue weighted by Gasteiger charge is -2.34. The standard InChI is InChI=1S/C18H17ClN6O3/c19-14-5-3-13(4-6-14)17-20-22-25(21-17)12-16(26)23-7-9-24(10-8-23)18(27)15-2-1-11-28-15/h1-6,11H,7-10,12H2. The number of aromatic nitrogens is 4. The summed E-state index contributed by atoms with van der Waals surface area (Å²) in [6, 6.07) is 10.4. The van der Waals surface area contributed by atoms with E-state index in [0.29, 0.717) is 42.8 Å². The zero-order valence-electron chi connectivity index (χ0n) is 14.9. The Bertz CT molecular complexity index is 962. The lowest BCUT2D eigenvalue weighted by molar-refractivity contribution is -0.133. The first-order valence-electron chi connectivity index (χ1n) is 8.74. The van der Waals surface area contributed by atoms with E-state index in [2.05, 4.69) is 15.4 Å². The second-order valence-electron chi connectivity index (χ2n) is 6.30. The van der Waals surface area contributed by atoms with Crippen LogP contribution >= 0.6 is 11.6 Å². The van der Waals surface area contributed by atoms with Crippen molar-refractivity contribution in [2.75, 3.05) is 26.2 Å². The molecule has 0 spiro atoms. The van der Waals surface area contributed by atoms with Gasteiger partial charge in [0.2, 0.25) is 11.7 Å². The quantitative estimate of drug-likeness (QED) is 0.659. The minimum Gasteiger partial charge on any atom is -0.459 e. The number of tetrazole rings is 1. The smallest absolute Gasteiger partial charge is 0.289 e. The number of nitrogens with zero attached hydrogens (tertiary/aromatic N) is 6. The van der Waals surface area contributed by atoms with Crippen molar-refractivity contribution in [2.45, 2.75) is 6.54 Å². The predicted molar refractivity (Wildman–Crippen MR) is 99.5 cm³/mol. The minimum absolute atomic E-state index is 0.00722. The molecule has 4 rings (SSSR count). The third-order valence-electron chi connectivity index (χ3n) is 4.48.